The zero-order valence-electron chi connectivity index (χ0n) is 16.9. The number of carbonyl (C=O) groups is 2. The van der Waals surface area contributed by atoms with Crippen molar-refractivity contribution in [3.63, 3.8) is 0 Å². The highest BCUT2D eigenvalue weighted by Gasteiger charge is 2.34. The summed E-state index contributed by atoms with van der Waals surface area (Å²) >= 11 is 6.86. The molecule has 1 aliphatic rings. The summed E-state index contributed by atoms with van der Waals surface area (Å²) in [6.45, 7) is 2.72. The molecule has 3 aromatic rings. The Morgan fingerprint density at radius 2 is 1.55 bits per heavy atom. The molecule has 1 heterocycles. The van der Waals surface area contributed by atoms with Gasteiger partial charge in [-0.2, -0.15) is 0 Å². The van der Waals surface area contributed by atoms with Gasteiger partial charge in [0.25, 0.3) is 11.1 Å². The van der Waals surface area contributed by atoms with Gasteiger partial charge in [0.1, 0.15) is 12.4 Å². The molecule has 2 amide bonds. The first-order valence-electron chi connectivity index (χ1n) is 9.76. The predicted octanol–water partition coefficient (Wildman–Crippen LogP) is 6.46. The van der Waals surface area contributed by atoms with Crippen LogP contribution in [0.4, 0.5) is 4.79 Å². The lowest BCUT2D eigenvalue weighted by molar-refractivity contribution is -0.123. The molecule has 1 fully saturated rings. The van der Waals surface area contributed by atoms with Crippen LogP contribution in [0.15, 0.2) is 77.7 Å². The highest BCUT2D eigenvalue weighted by atomic mass is 35.5. The summed E-state index contributed by atoms with van der Waals surface area (Å²) in [7, 11) is 0. The fourth-order valence-electron chi connectivity index (χ4n) is 3.07. The topological polar surface area (TPSA) is 46.6 Å². The monoisotopic (exact) mass is 449 g/mol. The molecule has 6 heteroatoms. The van der Waals surface area contributed by atoms with E-state index in [-0.39, 0.29) is 17.7 Å². The van der Waals surface area contributed by atoms with Crippen molar-refractivity contribution in [2.24, 2.45) is 0 Å². The van der Waals surface area contributed by atoms with E-state index in [1.165, 1.54) is 4.90 Å². The van der Waals surface area contributed by atoms with Crippen LogP contribution in [0.1, 0.15) is 22.3 Å². The molecule has 156 valence electrons. The van der Waals surface area contributed by atoms with Crippen LogP contribution in [-0.4, -0.2) is 16.0 Å². The van der Waals surface area contributed by atoms with Crippen molar-refractivity contribution in [3.8, 4) is 5.75 Å². The minimum atomic E-state index is -0.265. The molecule has 0 N–H and O–H groups in total. The van der Waals surface area contributed by atoms with Gasteiger partial charge < -0.3 is 4.74 Å². The highest BCUT2D eigenvalue weighted by Crippen LogP contribution is 2.33. The van der Waals surface area contributed by atoms with Gasteiger partial charge in [-0.15, -0.1) is 0 Å². The molecule has 1 saturated heterocycles. The lowest BCUT2D eigenvalue weighted by Crippen LogP contribution is -2.27. The summed E-state index contributed by atoms with van der Waals surface area (Å²) in [6.07, 6.45) is 1.74. The van der Waals surface area contributed by atoms with Crippen LogP contribution in [0.25, 0.3) is 6.08 Å². The Bertz CT molecular complexity index is 1120. The normalized spacial score (nSPS) is 15.0. The maximum atomic E-state index is 12.7. The first-order valence-corrected chi connectivity index (χ1v) is 11.0. The number of rotatable bonds is 6. The van der Waals surface area contributed by atoms with E-state index in [2.05, 4.69) is 0 Å². The van der Waals surface area contributed by atoms with Crippen LogP contribution in [-0.2, 0) is 17.9 Å². The van der Waals surface area contributed by atoms with E-state index in [1.54, 1.807) is 6.08 Å². The largest absolute Gasteiger partial charge is 0.489 e. The van der Waals surface area contributed by atoms with Gasteiger partial charge in [0.15, 0.2) is 0 Å². The Balaban J connectivity index is 1.39. The van der Waals surface area contributed by atoms with Crippen LogP contribution in [0.3, 0.4) is 0 Å². The smallest absolute Gasteiger partial charge is 0.293 e. The molecular formula is C25H20ClNO3S. The number of thioether (sulfide) groups is 1. The summed E-state index contributed by atoms with van der Waals surface area (Å²) in [5.74, 6) is 0.457. The van der Waals surface area contributed by atoms with Gasteiger partial charge in [0.2, 0.25) is 0 Å². The number of hydrogen-bond acceptors (Lipinski definition) is 4. The van der Waals surface area contributed by atoms with Gasteiger partial charge >= 0.3 is 0 Å². The SMILES string of the molecule is Cc1ccc(CN2C(=O)S/C(=C\c3ccc(OCc4ccc(Cl)cc4)cc3)C2=O)cc1. The second-order valence-corrected chi connectivity index (χ2v) is 8.67. The number of benzene rings is 3. The summed E-state index contributed by atoms with van der Waals surface area (Å²) in [5, 5.41) is 0.441. The number of carbonyl (C=O) groups excluding carboxylic acids is 2. The summed E-state index contributed by atoms with van der Waals surface area (Å²) in [4.78, 5) is 26.8. The Labute approximate surface area is 190 Å². The van der Waals surface area contributed by atoms with Gasteiger partial charge in [-0.05, 0) is 65.7 Å². The molecule has 4 rings (SSSR count). The van der Waals surface area contributed by atoms with E-state index in [1.807, 2.05) is 79.7 Å². The number of amides is 2. The zero-order chi connectivity index (χ0) is 21.8. The van der Waals surface area contributed by atoms with Crippen LogP contribution in [0.5, 0.6) is 5.75 Å². The second-order valence-electron chi connectivity index (χ2n) is 7.24. The third-order valence-electron chi connectivity index (χ3n) is 4.83. The molecule has 0 radical (unpaired) electrons. The molecule has 1 aliphatic heterocycles. The van der Waals surface area contributed by atoms with Gasteiger partial charge in [0, 0.05) is 5.02 Å². The molecule has 3 aromatic carbocycles. The number of halogens is 1. The van der Waals surface area contributed by atoms with Gasteiger partial charge in [-0.3, -0.25) is 14.5 Å². The Kier molecular flexibility index (Phi) is 6.44. The maximum absolute atomic E-state index is 12.7. The van der Waals surface area contributed by atoms with E-state index in [4.69, 9.17) is 16.3 Å². The molecule has 0 unspecified atom stereocenters. The average Bonchev–Trinajstić information content (AvgIpc) is 3.03. The molecule has 0 bridgehead atoms. The standard InChI is InChI=1S/C25H20ClNO3S/c1-17-2-4-19(5-3-17)15-27-24(28)23(31-25(27)29)14-18-8-12-22(13-9-18)30-16-20-6-10-21(26)11-7-20/h2-14H,15-16H2,1H3/b23-14-. The van der Waals surface area contributed by atoms with E-state index in [0.29, 0.717) is 16.5 Å². The van der Waals surface area contributed by atoms with Crippen LogP contribution >= 0.6 is 23.4 Å². The molecule has 0 aliphatic carbocycles. The first kappa shape index (κ1) is 21.2. The molecule has 4 nitrogen and oxygen atoms in total. The Morgan fingerprint density at radius 1 is 0.903 bits per heavy atom. The van der Waals surface area contributed by atoms with Crippen molar-refractivity contribution in [1.29, 1.82) is 0 Å². The van der Waals surface area contributed by atoms with Crippen molar-refractivity contribution in [2.75, 3.05) is 0 Å². The molecular weight excluding hydrogens is 430 g/mol. The molecule has 0 saturated carbocycles. The number of ether oxygens (including phenoxy) is 1. The van der Waals surface area contributed by atoms with E-state index in [0.717, 1.165) is 39.8 Å². The number of aryl methyl sites for hydroxylation is 1. The lowest BCUT2D eigenvalue weighted by atomic mass is 10.1. The molecule has 0 atom stereocenters. The minimum Gasteiger partial charge on any atom is -0.489 e. The maximum Gasteiger partial charge on any atom is 0.293 e. The Morgan fingerprint density at radius 3 is 2.23 bits per heavy atom. The number of imide groups is 1. The summed E-state index contributed by atoms with van der Waals surface area (Å²) < 4.78 is 5.79. The predicted molar refractivity (Wildman–Crippen MR) is 125 cm³/mol. The zero-order valence-corrected chi connectivity index (χ0v) is 18.5. The van der Waals surface area contributed by atoms with Gasteiger partial charge in [-0.1, -0.05) is 65.7 Å². The minimum absolute atomic E-state index is 0.250. The number of hydrogen-bond donors (Lipinski definition) is 0. The van der Waals surface area contributed by atoms with Crippen molar-refractivity contribution in [1.82, 2.24) is 4.90 Å². The Hall–Kier alpha value is -3.02. The van der Waals surface area contributed by atoms with Gasteiger partial charge in [-0.25, -0.2) is 0 Å². The van der Waals surface area contributed by atoms with Crippen molar-refractivity contribution < 1.29 is 14.3 Å². The summed E-state index contributed by atoms with van der Waals surface area (Å²) in [5.41, 5.74) is 3.92. The third-order valence-corrected chi connectivity index (χ3v) is 5.99. The average molecular weight is 450 g/mol. The fourth-order valence-corrected chi connectivity index (χ4v) is 4.04. The number of nitrogens with zero attached hydrogens (tertiary/aromatic N) is 1. The van der Waals surface area contributed by atoms with Crippen molar-refractivity contribution >= 4 is 40.6 Å². The molecule has 31 heavy (non-hydrogen) atoms. The first-order chi connectivity index (χ1) is 15.0. The second kappa shape index (κ2) is 9.41. The lowest BCUT2D eigenvalue weighted by Gasteiger charge is -2.12. The van der Waals surface area contributed by atoms with Crippen LogP contribution < -0.4 is 4.74 Å². The van der Waals surface area contributed by atoms with Gasteiger partial charge in [0.05, 0.1) is 11.4 Å². The summed E-state index contributed by atoms with van der Waals surface area (Å²) in [6, 6.07) is 22.7. The fraction of sp³-hybridized carbons (Fsp3) is 0.120. The third kappa shape index (κ3) is 5.37. The van der Waals surface area contributed by atoms with E-state index < -0.39 is 0 Å². The van der Waals surface area contributed by atoms with Crippen molar-refractivity contribution in [3.05, 3.63) is 105 Å². The van der Waals surface area contributed by atoms with E-state index in [9.17, 15) is 9.59 Å². The highest BCUT2D eigenvalue weighted by molar-refractivity contribution is 8.18. The van der Waals surface area contributed by atoms with Crippen LogP contribution in [0, 0.1) is 6.92 Å². The van der Waals surface area contributed by atoms with Crippen LogP contribution in [0.2, 0.25) is 5.02 Å². The molecule has 0 aromatic heterocycles. The quantitative estimate of drug-likeness (QED) is 0.405. The van der Waals surface area contributed by atoms with E-state index >= 15 is 0 Å². The van der Waals surface area contributed by atoms with Crippen molar-refractivity contribution in [2.45, 2.75) is 20.1 Å². The molecule has 0 spiro atoms.